The molecule has 1 N–H and O–H groups in total. The molecule has 0 saturated heterocycles. The van der Waals surface area contributed by atoms with E-state index in [-0.39, 0.29) is 0 Å². The normalized spacial score (nSPS) is 12.2. The van der Waals surface area contributed by atoms with Gasteiger partial charge in [0, 0.05) is 15.2 Å². The highest BCUT2D eigenvalue weighted by molar-refractivity contribution is 14.1. The monoisotopic (exact) mass is 381 g/mol. The lowest BCUT2D eigenvalue weighted by Gasteiger charge is -2.17. The Morgan fingerprint density at radius 1 is 1.10 bits per heavy atom. The second-order valence-corrected chi connectivity index (χ2v) is 5.98. The number of para-hydroxylation sites is 1. The fourth-order valence-corrected chi connectivity index (χ4v) is 2.49. The van der Waals surface area contributed by atoms with Crippen molar-refractivity contribution in [1.29, 1.82) is 0 Å². The van der Waals surface area contributed by atoms with Crippen molar-refractivity contribution in [3.05, 3.63) is 63.2 Å². The molecule has 1 unspecified atom stereocenters. The molecule has 20 heavy (non-hydrogen) atoms. The van der Waals surface area contributed by atoms with E-state index in [0.29, 0.717) is 12.6 Å². The van der Waals surface area contributed by atoms with Gasteiger partial charge in [-0.3, -0.25) is 0 Å². The Balaban J connectivity index is 2.07. The van der Waals surface area contributed by atoms with Gasteiger partial charge in [0.25, 0.3) is 0 Å². The van der Waals surface area contributed by atoms with Crippen LogP contribution in [-0.2, 0) is 6.61 Å². The molecule has 0 aliphatic heterocycles. The molecule has 2 rings (SSSR count). The number of halogens is 1. The third-order valence-corrected chi connectivity index (χ3v) is 3.92. The van der Waals surface area contributed by atoms with Crippen LogP contribution in [0, 0.1) is 3.57 Å². The van der Waals surface area contributed by atoms with Crippen LogP contribution in [0.2, 0.25) is 0 Å². The smallest absolute Gasteiger partial charge is 0.124 e. The molecule has 2 nitrogen and oxygen atoms in total. The lowest BCUT2D eigenvalue weighted by Crippen LogP contribution is -2.18. The van der Waals surface area contributed by atoms with Crippen molar-refractivity contribution in [2.45, 2.75) is 26.5 Å². The van der Waals surface area contributed by atoms with Crippen LogP contribution in [0.4, 0.5) is 0 Å². The molecule has 3 heteroatoms. The molecule has 0 aliphatic rings. The van der Waals surface area contributed by atoms with Crippen LogP contribution in [0.3, 0.4) is 0 Å². The maximum absolute atomic E-state index is 5.99. The van der Waals surface area contributed by atoms with Crippen LogP contribution in [0.15, 0.2) is 48.5 Å². The third kappa shape index (κ3) is 4.21. The van der Waals surface area contributed by atoms with E-state index in [0.717, 1.165) is 12.3 Å². The van der Waals surface area contributed by atoms with Crippen molar-refractivity contribution in [3.8, 4) is 5.75 Å². The summed E-state index contributed by atoms with van der Waals surface area (Å²) >= 11 is 2.31. The zero-order valence-corrected chi connectivity index (χ0v) is 14.1. The SMILES string of the molecule is CCNC(C)c1ccccc1OCc1ccc(I)cc1. The fourth-order valence-electron chi connectivity index (χ4n) is 2.13. The van der Waals surface area contributed by atoms with Gasteiger partial charge in [-0.2, -0.15) is 0 Å². The lowest BCUT2D eigenvalue weighted by molar-refractivity contribution is 0.300. The average Bonchev–Trinajstić information content (AvgIpc) is 2.47. The van der Waals surface area contributed by atoms with Gasteiger partial charge >= 0.3 is 0 Å². The third-order valence-electron chi connectivity index (χ3n) is 3.20. The van der Waals surface area contributed by atoms with Gasteiger partial charge in [-0.1, -0.05) is 37.3 Å². The molecule has 0 bridgehead atoms. The van der Waals surface area contributed by atoms with Gasteiger partial charge in [0.15, 0.2) is 0 Å². The van der Waals surface area contributed by atoms with Gasteiger partial charge in [0.05, 0.1) is 0 Å². The second kappa shape index (κ2) is 7.64. The highest BCUT2D eigenvalue weighted by atomic mass is 127. The van der Waals surface area contributed by atoms with E-state index in [2.05, 4.69) is 78.2 Å². The van der Waals surface area contributed by atoms with Crippen molar-refractivity contribution in [2.24, 2.45) is 0 Å². The van der Waals surface area contributed by atoms with E-state index in [4.69, 9.17) is 4.74 Å². The molecule has 2 aromatic carbocycles. The maximum atomic E-state index is 5.99. The van der Waals surface area contributed by atoms with Crippen LogP contribution >= 0.6 is 22.6 Å². The molecule has 0 fully saturated rings. The Hall–Kier alpha value is -1.07. The first-order chi connectivity index (χ1) is 9.70. The Morgan fingerprint density at radius 2 is 1.80 bits per heavy atom. The summed E-state index contributed by atoms with van der Waals surface area (Å²) in [5, 5.41) is 3.43. The van der Waals surface area contributed by atoms with E-state index < -0.39 is 0 Å². The van der Waals surface area contributed by atoms with E-state index in [1.54, 1.807) is 0 Å². The number of hydrogen-bond donors (Lipinski definition) is 1. The van der Waals surface area contributed by atoms with Crippen LogP contribution in [0.5, 0.6) is 5.75 Å². The molecule has 0 aliphatic carbocycles. The first-order valence-electron chi connectivity index (χ1n) is 6.90. The fraction of sp³-hybridized carbons (Fsp3) is 0.294. The zero-order chi connectivity index (χ0) is 14.4. The van der Waals surface area contributed by atoms with Gasteiger partial charge in [-0.05, 0) is 59.8 Å². The summed E-state index contributed by atoms with van der Waals surface area (Å²) in [4.78, 5) is 0. The van der Waals surface area contributed by atoms with Gasteiger partial charge < -0.3 is 10.1 Å². The molecule has 0 amide bonds. The van der Waals surface area contributed by atoms with Gasteiger partial charge in [-0.15, -0.1) is 0 Å². The predicted molar refractivity (Wildman–Crippen MR) is 92.0 cm³/mol. The average molecular weight is 381 g/mol. The van der Waals surface area contributed by atoms with Crippen LogP contribution in [-0.4, -0.2) is 6.54 Å². The summed E-state index contributed by atoms with van der Waals surface area (Å²) < 4.78 is 7.23. The zero-order valence-electron chi connectivity index (χ0n) is 11.9. The number of rotatable bonds is 6. The molecule has 1 atom stereocenters. The van der Waals surface area contributed by atoms with Gasteiger partial charge in [0.2, 0.25) is 0 Å². The number of hydrogen-bond acceptors (Lipinski definition) is 2. The van der Waals surface area contributed by atoms with Crippen molar-refractivity contribution in [2.75, 3.05) is 6.54 Å². The highest BCUT2D eigenvalue weighted by Crippen LogP contribution is 2.25. The van der Waals surface area contributed by atoms with E-state index in [9.17, 15) is 0 Å². The molecule has 0 radical (unpaired) electrons. The van der Waals surface area contributed by atoms with Gasteiger partial charge in [0.1, 0.15) is 12.4 Å². The standard InChI is InChI=1S/C17H20INO/c1-3-19-13(2)16-6-4-5-7-17(16)20-12-14-8-10-15(18)11-9-14/h4-11,13,19H,3,12H2,1-2H3. The van der Waals surface area contributed by atoms with Gasteiger partial charge in [-0.25, -0.2) is 0 Å². The molecule has 0 aromatic heterocycles. The van der Waals surface area contributed by atoms with E-state index >= 15 is 0 Å². The second-order valence-electron chi connectivity index (χ2n) is 4.73. The van der Waals surface area contributed by atoms with Crippen LogP contribution in [0.1, 0.15) is 31.0 Å². The minimum absolute atomic E-state index is 0.299. The predicted octanol–water partition coefficient (Wildman–Crippen LogP) is 4.54. The first kappa shape index (κ1) is 15.3. The van der Waals surface area contributed by atoms with Crippen molar-refractivity contribution in [1.82, 2.24) is 5.32 Å². The van der Waals surface area contributed by atoms with E-state index in [1.807, 2.05) is 12.1 Å². The quantitative estimate of drug-likeness (QED) is 0.742. The maximum Gasteiger partial charge on any atom is 0.124 e. The minimum Gasteiger partial charge on any atom is -0.489 e. The topological polar surface area (TPSA) is 21.3 Å². The summed E-state index contributed by atoms with van der Waals surface area (Å²) in [5.41, 5.74) is 2.40. The minimum atomic E-state index is 0.299. The molecule has 106 valence electrons. The Morgan fingerprint density at radius 3 is 2.50 bits per heavy atom. The van der Waals surface area contributed by atoms with Crippen molar-refractivity contribution in [3.63, 3.8) is 0 Å². The summed E-state index contributed by atoms with van der Waals surface area (Å²) in [7, 11) is 0. The summed E-state index contributed by atoms with van der Waals surface area (Å²) in [6.45, 7) is 5.83. The largest absolute Gasteiger partial charge is 0.489 e. The Labute approximate surface area is 134 Å². The summed E-state index contributed by atoms with van der Waals surface area (Å²) in [6, 6.07) is 17.0. The summed E-state index contributed by atoms with van der Waals surface area (Å²) in [5.74, 6) is 0.958. The Kier molecular flexibility index (Phi) is 5.86. The van der Waals surface area contributed by atoms with E-state index in [1.165, 1.54) is 14.7 Å². The molecule has 0 spiro atoms. The van der Waals surface area contributed by atoms with Crippen LogP contribution in [0.25, 0.3) is 0 Å². The highest BCUT2D eigenvalue weighted by Gasteiger charge is 2.10. The van der Waals surface area contributed by atoms with Crippen molar-refractivity contribution >= 4 is 22.6 Å². The molecule has 0 saturated carbocycles. The molecule has 2 aromatic rings. The number of nitrogens with one attached hydrogen (secondary N) is 1. The lowest BCUT2D eigenvalue weighted by atomic mass is 10.1. The molecule has 0 heterocycles. The van der Waals surface area contributed by atoms with Crippen molar-refractivity contribution < 1.29 is 4.74 Å². The molecular formula is C17H20INO. The molecular weight excluding hydrogens is 361 g/mol. The summed E-state index contributed by atoms with van der Waals surface area (Å²) in [6.07, 6.45) is 0. The van der Waals surface area contributed by atoms with Crippen LogP contribution < -0.4 is 10.1 Å². The Bertz CT molecular complexity index is 539. The number of benzene rings is 2. The first-order valence-corrected chi connectivity index (χ1v) is 7.98. The number of ether oxygens (including phenoxy) is 1.